The molecule has 22 heavy (non-hydrogen) atoms. The highest BCUT2D eigenvalue weighted by atomic mass is 16.3. The number of aliphatic hydroxyl groups is 2. The van der Waals surface area contributed by atoms with E-state index in [-0.39, 0.29) is 12.8 Å². The van der Waals surface area contributed by atoms with Crippen molar-refractivity contribution in [3.8, 4) is 0 Å². The summed E-state index contributed by atoms with van der Waals surface area (Å²) in [4.78, 5) is 25.5. The van der Waals surface area contributed by atoms with E-state index >= 15 is 0 Å². The number of carbonyl (C=O) groups is 2. The molecule has 1 aromatic rings. The Morgan fingerprint density at radius 2 is 2.05 bits per heavy atom. The first-order valence-electron chi connectivity index (χ1n) is 7.18. The van der Waals surface area contributed by atoms with E-state index in [9.17, 15) is 19.8 Å². The molecule has 1 saturated heterocycles. The van der Waals surface area contributed by atoms with Gasteiger partial charge in [0.25, 0.3) is 5.91 Å². The molecule has 1 aromatic carbocycles. The van der Waals surface area contributed by atoms with Gasteiger partial charge in [0.05, 0.1) is 18.6 Å². The molecule has 3 rings (SSSR count). The predicted octanol–water partition coefficient (Wildman–Crippen LogP) is 0.879. The van der Waals surface area contributed by atoms with Crippen LogP contribution in [0.5, 0.6) is 0 Å². The number of hydrogen-bond acceptors (Lipinski definition) is 4. The molecule has 2 N–H and O–H groups in total. The second-order valence-corrected chi connectivity index (χ2v) is 5.69. The third-order valence-electron chi connectivity index (χ3n) is 4.12. The predicted molar refractivity (Wildman–Crippen MR) is 80.4 cm³/mol. The van der Waals surface area contributed by atoms with Crippen LogP contribution in [0.25, 0.3) is 6.08 Å². The van der Waals surface area contributed by atoms with Crippen molar-refractivity contribution in [3.63, 3.8) is 0 Å². The van der Waals surface area contributed by atoms with Gasteiger partial charge in [-0.05, 0) is 11.6 Å². The molecular weight excluding hydrogens is 282 g/mol. The first-order chi connectivity index (χ1) is 10.5. The number of carbonyl (C=O) groups excluding carboxylic acids is 2. The number of rotatable bonds is 2. The fourth-order valence-corrected chi connectivity index (χ4v) is 3.00. The lowest BCUT2D eigenvalue weighted by atomic mass is 9.85. The summed E-state index contributed by atoms with van der Waals surface area (Å²) in [6, 6.07) is 8.56. The van der Waals surface area contributed by atoms with Crippen molar-refractivity contribution in [2.45, 2.75) is 30.6 Å². The van der Waals surface area contributed by atoms with Crippen LogP contribution in [0.3, 0.4) is 0 Å². The Labute approximate surface area is 128 Å². The third kappa shape index (κ3) is 2.61. The van der Waals surface area contributed by atoms with Crippen LogP contribution >= 0.6 is 0 Å². The summed E-state index contributed by atoms with van der Waals surface area (Å²) in [5.41, 5.74) is -0.520. The molecule has 0 unspecified atom stereocenters. The van der Waals surface area contributed by atoms with Gasteiger partial charge in [-0.25, -0.2) is 0 Å². The molecule has 5 heteroatoms. The van der Waals surface area contributed by atoms with E-state index in [1.54, 1.807) is 6.08 Å². The van der Waals surface area contributed by atoms with Gasteiger partial charge in [0.15, 0.2) is 0 Å². The van der Waals surface area contributed by atoms with Crippen LogP contribution in [0.4, 0.5) is 0 Å². The van der Waals surface area contributed by atoms with E-state index in [1.807, 2.05) is 30.3 Å². The van der Waals surface area contributed by atoms with Crippen LogP contribution in [0.1, 0.15) is 18.4 Å². The Hall–Kier alpha value is -2.24. The van der Waals surface area contributed by atoms with Gasteiger partial charge in [-0.3, -0.25) is 14.5 Å². The zero-order chi connectivity index (χ0) is 15.7. The summed E-state index contributed by atoms with van der Waals surface area (Å²) in [7, 11) is 0. The molecule has 1 aliphatic heterocycles. The highest BCUT2D eigenvalue weighted by molar-refractivity contribution is 6.05. The Balaban J connectivity index is 1.82. The van der Waals surface area contributed by atoms with Gasteiger partial charge in [0, 0.05) is 12.5 Å². The quantitative estimate of drug-likeness (QED) is 0.628. The maximum Gasteiger partial charge on any atom is 0.253 e. The van der Waals surface area contributed by atoms with Crippen molar-refractivity contribution in [1.82, 2.24) is 4.90 Å². The smallest absolute Gasteiger partial charge is 0.253 e. The molecule has 0 spiro atoms. The van der Waals surface area contributed by atoms with Crippen LogP contribution in [-0.2, 0) is 9.59 Å². The van der Waals surface area contributed by atoms with Gasteiger partial charge >= 0.3 is 0 Å². The van der Waals surface area contributed by atoms with Crippen LogP contribution in [0, 0.1) is 0 Å². The van der Waals surface area contributed by atoms with Crippen LogP contribution < -0.4 is 0 Å². The van der Waals surface area contributed by atoms with E-state index in [0.29, 0.717) is 0 Å². The van der Waals surface area contributed by atoms with Crippen molar-refractivity contribution in [2.24, 2.45) is 0 Å². The summed E-state index contributed by atoms with van der Waals surface area (Å²) in [6.45, 7) is 0. The number of aliphatic hydroxyl groups excluding tert-OH is 1. The van der Waals surface area contributed by atoms with E-state index in [1.165, 1.54) is 18.2 Å². The van der Waals surface area contributed by atoms with Gasteiger partial charge in [-0.1, -0.05) is 42.5 Å². The standard InChI is InChI=1S/C17H17NO4/c19-13-8-9-17(22)11-16(21)18(14(17)10-13)15(20)7-6-12-4-2-1-3-5-12/h1-9,13-14,19,22H,10-11H2/t13-,14-,17-/m0/s1. The van der Waals surface area contributed by atoms with Crippen molar-refractivity contribution < 1.29 is 19.8 Å². The van der Waals surface area contributed by atoms with Gasteiger partial charge in [-0.15, -0.1) is 0 Å². The Bertz CT molecular complexity index is 652. The van der Waals surface area contributed by atoms with Crippen molar-refractivity contribution in [3.05, 3.63) is 54.1 Å². The topological polar surface area (TPSA) is 77.8 Å². The fraction of sp³-hybridized carbons (Fsp3) is 0.294. The number of likely N-dealkylation sites (tertiary alicyclic amines) is 1. The van der Waals surface area contributed by atoms with Gasteiger partial charge in [0.2, 0.25) is 5.91 Å². The van der Waals surface area contributed by atoms with Crippen LogP contribution in [0.15, 0.2) is 48.6 Å². The summed E-state index contributed by atoms with van der Waals surface area (Å²) in [5, 5.41) is 20.2. The van der Waals surface area contributed by atoms with E-state index in [4.69, 9.17) is 0 Å². The van der Waals surface area contributed by atoms with Gasteiger partial charge in [-0.2, -0.15) is 0 Å². The average Bonchev–Trinajstić information content (AvgIpc) is 2.76. The second-order valence-electron chi connectivity index (χ2n) is 5.69. The average molecular weight is 299 g/mol. The molecule has 0 bridgehead atoms. The van der Waals surface area contributed by atoms with Crippen LogP contribution in [0.2, 0.25) is 0 Å². The van der Waals surface area contributed by atoms with E-state index in [2.05, 4.69) is 0 Å². The first-order valence-corrected chi connectivity index (χ1v) is 7.18. The number of benzene rings is 1. The molecule has 1 fully saturated rings. The number of amides is 2. The third-order valence-corrected chi connectivity index (χ3v) is 4.12. The molecule has 1 aliphatic carbocycles. The maximum absolute atomic E-state index is 12.3. The van der Waals surface area contributed by atoms with E-state index < -0.39 is 29.6 Å². The Kier molecular flexibility index (Phi) is 3.68. The molecule has 0 radical (unpaired) electrons. The van der Waals surface area contributed by atoms with Crippen molar-refractivity contribution in [1.29, 1.82) is 0 Å². The van der Waals surface area contributed by atoms with Gasteiger partial charge < -0.3 is 10.2 Å². The molecule has 2 aliphatic rings. The van der Waals surface area contributed by atoms with Gasteiger partial charge in [0.1, 0.15) is 5.60 Å². The molecule has 3 atom stereocenters. The van der Waals surface area contributed by atoms with Crippen molar-refractivity contribution >= 4 is 17.9 Å². The zero-order valence-corrected chi connectivity index (χ0v) is 11.9. The Morgan fingerprint density at radius 3 is 2.77 bits per heavy atom. The molecular formula is C17H17NO4. The molecule has 0 saturated carbocycles. The lowest BCUT2D eigenvalue weighted by molar-refractivity contribution is -0.141. The summed E-state index contributed by atoms with van der Waals surface area (Å²) in [6.07, 6.45) is 5.11. The lowest BCUT2D eigenvalue weighted by Gasteiger charge is -2.34. The minimum atomic E-state index is -1.37. The normalized spacial score (nSPS) is 30.8. The minimum Gasteiger partial charge on any atom is -0.389 e. The van der Waals surface area contributed by atoms with E-state index in [0.717, 1.165) is 10.5 Å². The number of hydrogen-bond donors (Lipinski definition) is 2. The SMILES string of the molecule is O=C(C=Cc1ccccc1)N1C(=O)C[C@@]2(O)C=C[C@H](O)C[C@H]12. The zero-order valence-electron chi connectivity index (χ0n) is 11.9. The molecule has 0 aromatic heterocycles. The molecule has 5 nitrogen and oxygen atoms in total. The van der Waals surface area contributed by atoms with Crippen LogP contribution in [-0.4, -0.2) is 44.7 Å². The molecule has 2 amide bonds. The highest BCUT2D eigenvalue weighted by Crippen LogP contribution is 2.37. The molecule has 114 valence electrons. The second kappa shape index (κ2) is 5.51. The van der Waals surface area contributed by atoms with Crippen molar-refractivity contribution in [2.75, 3.05) is 0 Å². The maximum atomic E-state index is 12.3. The molecule has 1 heterocycles. The number of fused-ring (bicyclic) bond motifs is 1. The summed E-state index contributed by atoms with van der Waals surface area (Å²) < 4.78 is 0. The number of nitrogens with zero attached hydrogens (tertiary/aromatic N) is 1. The monoisotopic (exact) mass is 299 g/mol. The summed E-state index contributed by atoms with van der Waals surface area (Å²) in [5.74, 6) is -0.897. The largest absolute Gasteiger partial charge is 0.389 e. The minimum absolute atomic E-state index is 0.133. The summed E-state index contributed by atoms with van der Waals surface area (Å²) >= 11 is 0. The first kappa shape index (κ1) is 14.7. The highest BCUT2D eigenvalue weighted by Gasteiger charge is 2.53. The lowest BCUT2D eigenvalue weighted by Crippen LogP contribution is -2.49. The number of imide groups is 1. The fourth-order valence-electron chi connectivity index (χ4n) is 3.00. The Morgan fingerprint density at radius 1 is 1.32 bits per heavy atom.